The van der Waals surface area contributed by atoms with Gasteiger partial charge in [-0.3, -0.25) is 4.98 Å². The van der Waals surface area contributed by atoms with Crippen LogP contribution in [0.4, 0.5) is 4.39 Å². The fraction of sp³-hybridized carbons (Fsp3) is 0.0417. The second-order valence-electron chi connectivity index (χ2n) is 6.72. The molecule has 3 heteroatoms. The Kier molecular flexibility index (Phi) is 3.54. The van der Waals surface area contributed by atoms with Crippen molar-refractivity contribution in [1.82, 2.24) is 4.98 Å². The summed E-state index contributed by atoms with van der Waals surface area (Å²) < 4.78 is 19.8. The van der Waals surface area contributed by atoms with Crippen LogP contribution in [-0.2, 0) is 0 Å². The van der Waals surface area contributed by atoms with E-state index in [-0.39, 0.29) is 5.82 Å². The molecule has 5 aromatic rings. The van der Waals surface area contributed by atoms with Crippen LogP contribution in [0, 0.1) is 12.7 Å². The maximum absolute atomic E-state index is 13.6. The molecular weight excluding hydrogens is 337 g/mol. The number of halogens is 1. The number of rotatable bonds is 2. The highest BCUT2D eigenvalue weighted by molar-refractivity contribution is 6.10. The van der Waals surface area contributed by atoms with Gasteiger partial charge in [0.1, 0.15) is 17.0 Å². The first-order valence-corrected chi connectivity index (χ1v) is 8.83. The van der Waals surface area contributed by atoms with Crippen molar-refractivity contribution in [1.29, 1.82) is 0 Å². The van der Waals surface area contributed by atoms with Crippen molar-refractivity contribution in [2.75, 3.05) is 0 Å². The summed E-state index contributed by atoms with van der Waals surface area (Å²) in [6, 6.07) is 22.8. The van der Waals surface area contributed by atoms with Gasteiger partial charge in [-0.05, 0) is 66.1 Å². The lowest BCUT2D eigenvalue weighted by molar-refractivity contribution is 0.628. The van der Waals surface area contributed by atoms with Crippen LogP contribution in [-0.4, -0.2) is 4.98 Å². The van der Waals surface area contributed by atoms with E-state index >= 15 is 0 Å². The molecule has 0 radical (unpaired) electrons. The van der Waals surface area contributed by atoms with Gasteiger partial charge in [-0.1, -0.05) is 30.3 Å². The minimum Gasteiger partial charge on any atom is -0.455 e. The molecule has 0 saturated heterocycles. The molecule has 2 nitrogen and oxygen atoms in total. The molecule has 0 unspecified atom stereocenters. The molecule has 5 rings (SSSR count). The van der Waals surface area contributed by atoms with Gasteiger partial charge >= 0.3 is 0 Å². The van der Waals surface area contributed by atoms with Gasteiger partial charge in [-0.2, -0.15) is 0 Å². The Bertz CT molecular complexity index is 1300. The van der Waals surface area contributed by atoms with E-state index in [1.54, 1.807) is 6.07 Å². The number of fused-ring (bicyclic) bond motifs is 3. The summed E-state index contributed by atoms with van der Waals surface area (Å²) in [7, 11) is 0. The fourth-order valence-electron chi connectivity index (χ4n) is 3.53. The Hall–Kier alpha value is -3.46. The van der Waals surface area contributed by atoms with Crippen molar-refractivity contribution in [2.45, 2.75) is 6.92 Å². The van der Waals surface area contributed by atoms with Gasteiger partial charge < -0.3 is 4.42 Å². The Morgan fingerprint density at radius 3 is 2.52 bits per heavy atom. The molecule has 0 amide bonds. The van der Waals surface area contributed by atoms with Crippen LogP contribution in [0.1, 0.15) is 5.56 Å². The van der Waals surface area contributed by atoms with E-state index in [4.69, 9.17) is 4.42 Å². The molecule has 0 atom stereocenters. The third-order valence-electron chi connectivity index (χ3n) is 4.85. The van der Waals surface area contributed by atoms with E-state index in [2.05, 4.69) is 24.0 Å². The van der Waals surface area contributed by atoms with Crippen molar-refractivity contribution in [3.63, 3.8) is 0 Å². The molecule has 2 aromatic heterocycles. The first kappa shape index (κ1) is 15.8. The van der Waals surface area contributed by atoms with Crippen molar-refractivity contribution < 1.29 is 8.81 Å². The molecule has 0 fully saturated rings. The zero-order valence-corrected chi connectivity index (χ0v) is 14.7. The van der Waals surface area contributed by atoms with Crippen LogP contribution in [0.5, 0.6) is 0 Å². The topological polar surface area (TPSA) is 26.0 Å². The molecule has 2 heterocycles. The highest BCUT2D eigenvalue weighted by atomic mass is 19.1. The van der Waals surface area contributed by atoms with Crippen LogP contribution in [0.2, 0.25) is 0 Å². The van der Waals surface area contributed by atoms with Gasteiger partial charge in [0.2, 0.25) is 0 Å². The SMILES string of the molecule is Cc1ccnc(-c2cccc3c2oc2cc(-c4cccc(F)c4)ccc23)c1. The van der Waals surface area contributed by atoms with Gasteiger partial charge in [0, 0.05) is 22.5 Å². The highest BCUT2D eigenvalue weighted by Gasteiger charge is 2.13. The third-order valence-corrected chi connectivity index (χ3v) is 4.85. The summed E-state index contributed by atoms with van der Waals surface area (Å²) in [5.74, 6) is -0.245. The molecule has 0 spiro atoms. The summed E-state index contributed by atoms with van der Waals surface area (Å²) in [6.07, 6.45) is 1.81. The van der Waals surface area contributed by atoms with Crippen LogP contribution >= 0.6 is 0 Å². The molecule has 0 aliphatic heterocycles. The molecule has 0 saturated carbocycles. The number of hydrogen-bond donors (Lipinski definition) is 0. The number of aromatic nitrogens is 1. The molecule has 0 bridgehead atoms. The lowest BCUT2D eigenvalue weighted by atomic mass is 10.0. The summed E-state index contributed by atoms with van der Waals surface area (Å²) in [6.45, 7) is 2.05. The number of para-hydroxylation sites is 1. The van der Waals surface area contributed by atoms with Crippen molar-refractivity contribution in [2.24, 2.45) is 0 Å². The Labute approximate surface area is 155 Å². The molecule has 0 aliphatic carbocycles. The quantitative estimate of drug-likeness (QED) is 0.350. The maximum atomic E-state index is 13.6. The van der Waals surface area contributed by atoms with Crippen molar-refractivity contribution >= 4 is 21.9 Å². The number of hydrogen-bond acceptors (Lipinski definition) is 2. The predicted octanol–water partition coefficient (Wildman–Crippen LogP) is 6.76. The zero-order valence-electron chi connectivity index (χ0n) is 14.7. The minimum absolute atomic E-state index is 0.245. The van der Waals surface area contributed by atoms with Gasteiger partial charge in [0.15, 0.2) is 0 Å². The van der Waals surface area contributed by atoms with E-state index in [1.165, 1.54) is 12.1 Å². The largest absolute Gasteiger partial charge is 0.455 e. The Morgan fingerprint density at radius 2 is 1.67 bits per heavy atom. The second kappa shape index (κ2) is 6.06. The number of nitrogens with zero attached hydrogens (tertiary/aromatic N) is 1. The standard InChI is InChI=1S/C24H16FNO/c1-15-10-11-26-22(12-15)21-7-3-6-20-19-9-8-17(14-23(19)27-24(20)21)16-4-2-5-18(25)13-16/h2-14H,1H3. The van der Waals surface area contributed by atoms with Crippen molar-refractivity contribution in [3.05, 3.63) is 90.4 Å². The van der Waals surface area contributed by atoms with Crippen LogP contribution in [0.3, 0.4) is 0 Å². The predicted molar refractivity (Wildman–Crippen MR) is 107 cm³/mol. The third kappa shape index (κ3) is 2.68. The smallest absolute Gasteiger partial charge is 0.144 e. The fourth-order valence-corrected chi connectivity index (χ4v) is 3.53. The Balaban J connectivity index is 1.73. The summed E-state index contributed by atoms with van der Waals surface area (Å²) >= 11 is 0. The minimum atomic E-state index is -0.245. The Morgan fingerprint density at radius 1 is 0.815 bits per heavy atom. The van der Waals surface area contributed by atoms with E-state index < -0.39 is 0 Å². The summed E-state index contributed by atoms with van der Waals surface area (Å²) in [5.41, 5.74) is 6.38. The van der Waals surface area contributed by atoms with Crippen LogP contribution in [0.25, 0.3) is 44.3 Å². The van der Waals surface area contributed by atoms with Crippen LogP contribution in [0.15, 0.2) is 83.4 Å². The molecule has 0 aliphatic rings. The average molecular weight is 353 g/mol. The zero-order chi connectivity index (χ0) is 18.4. The molecule has 3 aromatic carbocycles. The summed E-state index contributed by atoms with van der Waals surface area (Å²) in [5, 5.41) is 2.09. The van der Waals surface area contributed by atoms with E-state index in [0.29, 0.717) is 0 Å². The van der Waals surface area contributed by atoms with Gasteiger partial charge in [-0.25, -0.2) is 4.39 Å². The van der Waals surface area contributed by atoms with Gasteiger partial charge in [0.05, 0.1) is 5.69 Å². The number of pyridine rings is 1. The molecular formula is C24H16FNO. The van der Waals surface area contributed by atoms with Crippen LogP contribution < -0.4 is 0 Å². The highest BCUT2D eigenvalue weighted by Crippen LogP contribution is 2.37. The average Bonchev–Trinajstić information content (AvgIpc) is 3.06. The lowest BCUT2D eigenvalue weighted by Crippen LogP contribution is -1.84. The van der Waals surface area contributed by atoms with Gasteiger partial charge in [0.25, 0.3) is 0 Å². The number of benzene rings is 3. The van der Waals surface area contributed by atoms with E-state index in [1.807, 2.05) is 48.7 Å². The van der Waals surface area contributed by atoms with E-state index in [0.717, 1.165) is 49.9 Å². The second-order valence-corrected chi connectivity index (χ2v) is 6.72. The summed E-state index contributed by atoms with van der Waals surface area (Å²) in [4.78, 5) is 4.50. The first-order chi connectivity index (χ1) is 13.2. The monoisotopic (exact) mass is 353 g/mol. The van der Waals surface area contributed by atoms with Crippen molar-refractivity contribution in [3.8, 4) is 22.4 Å². The first-order valence-electron chi connectivity index (χ1n) is 8.83. The number of furan rings is 1. The number of aryl methyl sites for hydroxylation is 1. The molecule has 27 heavy (non-hydrogen) atoms. The van der Waals surface area contributed by atoms with Gasteiger partial charge in [-0.15, -0.1) is 0 Å². The lowest BCUT2D eigenvalue weighted by Gasteiger charge is -2.02. The normalized spacial score (nSPS) is 11.3. The van der Waals surface area contributed by atoms with E-state index in [9.17, 15) is 4.39 Å². The molecule has 130 valence electrons. The maximum Gasteiger partial charge on any atom is 0.144 e. The molecule has 0 N–H and O–H groups in total.